The summed E-state index contributed by atoms with van der Waals surface area (Å²) in [5.41, 5.74) is 0.704. The minimum Gasteiger partial charge on any atom is -0.406 e. The zero-order valence-corrected chi connectivity index (χ0v) is 11.9. The van der Waals surface area contributed by atoms with Crippen molar-refractivity contribution in [3.63, 3.8) is 0 Å². The van der Waals surface area contributed by atoms with E-state index in [1.165, 1.54) is 18.2 Å². The van der Waals surface area contributed by atoms with Gasteiger partial charge in [-0.1, -0.05) is 12.1 Å². The fraction of sp³-hybridized carbons (Fsp3) is 0.571. The first-order valence-corrected chi connectivity index (χ1v) is 6.61. The van der Waals surface area contributed by atoms with Crippen molar-refractivity contribution >= 4 is 0 Å². The lowest BCUT2D eigenvalue weighted by atomic mass is 10.2. The number of alkyl halides is 3. The van der Waals surface area contributed by atoms with Crippen LogP contribution in [0.2, 0.25) is 0 Å². The summed E-state index contributed by atoms with van der Waals surface area (Å²) in [5.74, 6) is -0.796. The van der Waals surface area contributed by atoms with Gasteiger partial charge in [-0.3, -0.25) is 0 Å². The fourth-order valence-corrected chi connectivity index (χ4v) is 2.09. The third kappa shape index (κ3) is 5.53. The predicted molar refractivity (Wildman–Crippen MR) is 69.7 cm³/mol. The molecule has 4 nitrogen and oxygen atoms in total. The molecule has 1 saturated heterocycles. The van der Waals surface area contributed by atoms with Crippen molar-refractivity contribution < 1.29 is 27.4 Å². The van der Waals surface area contributed by atoms with Crippen molar-refractivity contribution in [2.75, 3.05) is 13.2 Å². The smallest absolute Gasteiger partial charge is 0.406 e. The molecule has 1 fully saturated rings. The molecule has 1 aromatic carbocycles. The van der Waals surface area contributed by atoms with Crippen LogP contribution in [-0.4, -0.2) is 31.4 Å². The maximum atomic E-state index is 12.1. The summed E-state index contributed by atoms with van der Waals surface area (Å²) < 4.78 is 51.3. The average molecular weight is 305 g/mol. The quantitative estimate of drug-likeness (QED) is 0.908. The van der Waals surface area contributed by atoms with E-state index in [4.69, 9.17) is 9.47 Å². The first-order valence-electron chi connectivity index (χ1n) is 6.61. The predicted octanol–water partition coefficient (Wildman–Crippen LogP) is 2.83. The summed E-state index contributed by atoms with van der Waals surface area (Å²) in [6.07, 6.45) is -4.73. The SMILES string of the molecule is CC1(C)OCC(CNCc2cccc(OC(F)(F)F)c2)O1. The molecule has 118 valence electrons. The molecule has 1 unspecified atom stereocenters. The third-order valence-electron chi connectivity index (χ3n) is 2.90. The zero-order valence-electron chi connectivity index (χ0n) is 11.9. The van der Waals surface area contributed by atoms with Crippen molar-refractivity contribution in [1.82, 2.24) is 5.32 Å². The number of nitrogens with one attached hydrogen (secondary N) is 1. The molecule has 1 heterocycles. The normalized spacial score (nSPS) is 21.5. The van der Waals surface area contributed by atoms with Gasteiger partial charge in [-0.2, -0.15) is 0 Å². The monoisotopic (exact) mass is 305 g/mol. The van der Waals surface area contributed by atoms with Gasteiger partial charge in [0.2, 0.25) is 0 Å². The standard InChI is InChI=1S/C14H18F3NO3/c1-13(2)19-9-12(20-13)8-18-7-10-4-3-5-11(6-10)21-14(15,16)17/h3-6,12,18H,7-9H2,1-2H3. The number of hydrogen-bond donors (Lipinski definition) is 1. The summed E-state index contributed by atoms with van der Waals surface area (Å²) in [5, 5.41) is 3.13. The van der Waals surface area contributed by atoms with Gasteiger partial charge in [-0.05, 0) is 31.5 Å². The van der Waals surface area contributed by atoms with Crippen LogP contribution in [0.4, 0.5) is 13.2 Å². The van der Waals surface area contributed by atoms with Gasteiger partial charge in [0.25, 0.3) is 0 Å². The van der Waals surface area contributed by atoms with Crippen LogP contribution in [0.15, 0.2) is 24.3 Å². The Morgan fingerprint density at radius 3 is 2.76 bits per heavy atom. The molecule has 0 bridgehead atoms. The number of rotatable bonds is 5. The zero-order chi connectivity index (χ0) is 15.5. The van der Waals surface area contributed by atoms with Gasteiger partial charge in [0.1, 0.15) is 5.75 Å². The van der Waals surface area contributed by atoms with E-state index >= 15 is 0 Å². The Morgan fingerprint density at radius 1 is 1.38 bits per heavy atom. The second-order valence-corrected chi connectivity index (χ2v) is 5.28. The molecule has 0 aliphatic carbocycles. The van der Waals surface area contributed by atoms with Gasteiger partial charge >= 0.3 is 6.36 Å². The highest BCUT2D eigenvalue weighted by Crippen LogP contribution is 2.24. The molecular weight excluding hydrogens is 287 g/mol. The lowest BCUT2D eigenvalue weighted by Gasteiger charge is -2.17. The molecule has 1 aliphatic rings. The van der Waals surface area contributed by atoms with Gasteiger partial charge < -0.3 is 19.5 Å². The minimum atomic E-state index is -4.67. The van der Waals surface area contributed by atoms with E-state index in [0.717, 1.165) is 0 Å². The molecule has 7 heteroatoms. The van der Waals surface area contributed by atoms with Crippen molar-refractivity contribution in [2.45, 2.75) is 38.6 Å². The van der Waals surface area contributed by atoms with Crippen molar-refractivity contribution in [2.24, 2.45) is 0 Å². The molecule has 0 radical (unpaired) electrons. The summed E-state index contributed by atoms with van der Waals surface area (Å²) in [6, 6.07) is 5.88. The van der Waals surface area contributed by atoms with E-state index < -0.39 is 12.1 Å². The Kier molecular flexibility index (Phi) is 4.75. The topological polar surface area (TPSA) is 39.7 Å². The maximum absolute atomic E-state index is 12.1. The number of ether oxygens (including phenoxy) is 3. The molecule has 1 atom stereocenters. The number of hydrogen-bond acceptors (Lipinski definition) is 4. The summed E-state index contributed by atoms with van der Waals surface area (Å²) in [6.45, 7) is 5.16. The van der Waals surface area contributed by atoms with Crippen molar-refractivity contribution in [3.8, 4) is 5.75 Å². The highest BCUT2D eigenvalue weighted by molar-refractivity contribution is 5.28. The molecule has 1 aliphatic heterocycles. The molecule has 2 rings (SSSR count). The Labute approximate surface area is 121 Å². The molecule has 0 amide bonds. The second kappa shape index (κ2) is 6.21. The van der Waals surface area contributed by atoms with Crippen LogP contribution >= 0.6 is 0 Å². The second-order valence-electron chi connectivity index (χ2n) is 5.28. The van der Waals surface area contributed by atoms with E-state index in [2.05, 4.69) is 10.1 Å². The summed E-state index contributed by atoms with van der Waals surface area (Å²) in [7, 11) is 0. The Morgan fingerprint density at radius 2 is 2.14 bits per heavy atom. The molecule has 0 aromatic heterocycles. The van der Waals surface area contributed by atoms with Crippen LogP contribution in [0.3, 0.4) is 0 Å². The molecular formula is C14H18F3NO3. The fourth-order valence-electron chi connectivity index (χ4n) is 2.09. The van der Waals surface area contributed by atoms with E-state index in [0.29, 0.717) is 25.3 Å². The summed E-state index contributed by atoms with van der Waals surface area (Å²) in [4.78, 5) is 0. The van der Waals surface area contributed by atoms with Gasteiger partial charge in [0.15, 0.2) is 5.79 Å². The molecule has 1 aromatic rings. The van der Waals surface area contributed by atoms with E-state index in [1.807, 2.05) is 13.8 Å². The van der Waals surface area contributed by atoms with E-state index in [-0.39, 0.29) is 11.9 Å². The van der Waals surface area contributed by atoms with Crippen LogP contribution in [0.5, 0.6) is 5.75 Å². The maximum Gasteiger partial charge on any atom is 0.573 e. The first-order chi connectivity index (χ1) is 9.73. The van der Waals surface area contributed by atoms with Crippen LogP contribution in [0, 0.1) is 0 Å². The van der Waals surface area contributed by atoms with E-state index in [9.17, 15) is 13.2 Å². The Balaban J connectivity index is 1.80. The van der Waals surface area contributed by atoms with Crippen molar-refractivity contribution in [3.05, 3.63) is 29.8 Å². The van der Waals surface area contributed by atoms with Crippen LogP contribution in [-0.2, 0) is 16.0 Å². The van der Waals surface area contributed by atoms with Crippen LogP contribution < -0.4 is 10.1 Å². The van der Waals surface area contributed by atoms with Gasteiger partial charge in [-0.25, -0.2) is 0 Å². The molecule has 0 spiro atoms. The van der Waals surface area contributed by atoms with Crippen LogP contribution in [0.1, 0.15) is 19.4 Å². The van der Waals surface area contributed by atoms with E-state index in [1.54, 1.807) is 6.07 Å². The highest BCUT2D eigenvalue weighted by Gasteiger charge is 2.32. The van der Waals surface area contributed by atoms with Gasteiger partial charge in [-0.15, -0.1) is 13.2 Å². The largest absolute Gasteiger partial charge is 0.573 e. The van der Waals surface area contributed by atoms with Gasteiger partial charge in [0, 0.05) is 13.1 Å². The third-order valence-corrected chi connectivity index (χ3v) is 2.90. The molecule has 21 heavy (non-hydrogen) atoms. The van der Waals surface area contributed by atoms with Crippen molar-refractivity contribution in [1.29, 1.82) is 0 Å². The number of halogens is 3. The van der Waals surface area contributed by atoms with Crippen LogP contribution in [0.25, 0.3) is 0 Å². The Hall–Kier alpha value is -1.31. The Bertz CT molecular complexity index is 477. The minimum absolute atomic E-state index is 0.0605. The summed E-state index contributed by atoms with van der Waals surface area (Å²) >= 11 is 0. The van der Waals surface area contributed by atoms with Gasteiger partial charge in [0.05, 0.1) is 12.7 Å². The highest BCUT2D eigenvalue weighted by atomic mass is 19.4. The first kappa shape index (κ1) is 16.1. The average Bonchev–Trinajstić information content (AvgIpc) is 2.67. The number of benzene rings is 1. The molecule has 1 N–H and O–H groups in total. The lowest BCUT2D eigenvalue weighted by Crippen LogP contribution is -2.30. The lowest BCUT2D eigenvalue weighted by molar-refractivity contribution is -0.274. The molecule has 0 saturated carbocycles.